The zero-order valence-electron chi connectivity index (χ0n) is 11.6. The summed E-state index contributed by atoms with van der Waals surface area (Å²) in [4.78, 5) is 1.44. The Morgan fingerprint density at radius 3 is 2.67 bits per heavy atom. The first-order chi connectivity index (χ1) is 9.94. The molecule has 2 rings (SSSR count). The van der Waals surface area contributed by atoms with Crippen LogP contribution >= 0.6 is 27.3 Å². The van der Waals surface area contributed by atoms with Gasteiger partial charge in [0.2, 0.25) is 10.0 Å². The second-order valence-electron chi connectivity index (χ2n) is 4.60. The van der Waals surface area contributed by atoms with Crippen molar-refractivity contribution in [2.75, 3.05) is 6.54 Å². The van der Waals surface area contributed by atoms with Gasteiger partial charge in [-0.1, -0.05) is 12.1 Å². The van der Waals surface area contributed by atoms with Crippen molar-refractivity contribution >= 4 is 37.3 Å². The number of halogens is 1. The lowest BCUT2D eigenvalue weighted by Gasteiger charge is -2.11. The van der Waals surface area contributed by atoms with Crippen LogP contribution in [-0.4, -0.2) is 15.0 Å². The van der Waals surface area contributed by atoms with Gasteiger partial charge in [0.15, 0.2) is 0 Å². The molecule has 1 aromatic carbocycles. The zero-order valence-corrected chi connectivity index (χ0v) is 14.8. The Hall–Kier alpha value is -0.730. The Morgan fingerprint density at radius 1 is 1.29 bits per heavy atom. The summed E-state index contributed by atoms with van der Waals surface area (Å²) in [7, 11) is -3.50. The highest BCUT2D eigenvalue weighted by atomic mass is 79.9. The molecular formula is C14H17BrN2O2S2. The molecule has 7 heteroatoms. The van der Waals surface area contributed by atoms with Gasteiger partial charge in [-0.25, -0.2) is 13.1 Å². The molecule has 21 heavy (non-hydrogen) atoms. The number of thiophene rings is 1. The monoisotopic (exact) mass is 388 g/mol. The first-order valence-corrected chi connectivity index (χ1v) is 9.56. The van der Waals surface area contributed by atoms with Gasteiger partial charge in [0.1, 0.15) is 0 Å². The van der Waals surface area contributed by atoms with Crippen molar-refractivity contribution in [3.05, 3.63) is 50.1 Å². The summed E-state index contributed by atoms with van der Waals surface area (Å²) in [5, 5.41) is 0. The topological polar surface area (TPSA) is 72.2 Å². The predicted molar refractivity (Wildman–Crippen MR) is 90.0 cm³/mol. The van der Waals surface area contributed by atoms with E-state index < -0.39 is 10.0 Å². The predicted octanol–water partition coefficient (Wildman–Crippen LogP) is 2.80. The average Bonchev–Trinajstić information content (AvgIpc) is 2.84. The largest absolute Gasteiger partial charge is 0.326 e. The summed E-state index contributed by atoms with van der Waals surface area (Å²) in [5.41, 5.74) is 7.18. The summed E-state index contributed by atoms with van der Waals surface area (Å²) in [6, 6.07) is 9.13. The Balaban J connectivity index is 2.08. The standard InChI is InChI=1S/C14H17BrN2O2S2/c1-10-11(9-16)3-2-4-13(10)21(18,19)17-8-7-12-5-6-14(15)20-12/h2-6,17H,7-9,16H2,1H3. The maximum absolute atomic E-state index is 12.4. The van der Waals surface area contributed by atoms with Crippen LogP contribution in [0.2, 0.25) is 0 Å². The van der Waals surface area contributed by atoms with E-state index in [9.17, 15) is 8.42 Å². The van der Waals surface area contributed by atoms with Crippen LogP contribution in [0, 0.1) is 6.92 Å². The lowest BCUT2D eigenvalue weighted by atomic mass is 10.1. The van der Waals surface area contributed by atoms with Crippen LogP contribution in [0.15, 0.2) is 39.0 Å². The minimum atomic E-state index is -3.50. The Kier molecular flexibility index (Phi) is 5.56. The van der Waals surface area contributed by atoms with Gasteiger partial charge >= 0.3 is 0 Å². The number of sulfonamides is 1. The molecule has 0 bridgehead atoms. The molecule has 0 aliphatic carbocycles. The lowest BCUT2D eigenvalue weighted by molar-refractivity contribution is 0.581. The summed E-state index contributed by atoms with van der Waals surface area (Å²) in [6.07, 6.45) is 0.672. The van der Waals surface area contributed by atoms with E-state index in [-0.39, 0.29) is 0 Å². The minimum absolute atomic E-state index is 0.304. The van der Waals surface area contributed by atoms with Crippen molar-refractivity contribution in [2.45, 2.75) is 24.8 Å². The molecule has 1 heterocycles. The smallest absolute Gasteiger partial charge is 0.240 e. The van der Waals surface area contributed by atoms with Crippen LogP contribution in [0.25, 0.3) is 0 Å². The highest BCUT2D eigenvalue weighted by Crippen LogP contribution is 2.22. The van der Waals surface area contributed by atoms with Crippen molar-refractivity contribution in [1.29, 1.82) is 0 Å². The van der Waals surface area contributed by atoms with Gasteiger partial charge < -0.3 is 5.73 Å². The van der Waals surface area contributed by atoms with Crippen LogP contribution in [0.3, 0.4) is 0 Å². The van der Waals surface area contributed by atoms with Gasteiger partial charge in [-0.05, 0) is 58.6 Å². The highest BCUT2D eigenvalue weighted by Gasteiger charge is 2.17. The molecule has 0 spiro atoms. The minimum Gasteiger partial charge on any atom is -0.326 e. The second kappa shape index (κ2) is 7.02. The number of hydrogen-bond acceptors (Lipinski definition) is 4. The van der Waals surface area contributed by atoms with Crippen LogP contribution in [-0.2, 0) is 23.0 Å². The molecule has 2 aromatic rings. The Bertz CT molecular complexity index is 726. The van der Waals surface area contributed by atoms with Crippen molar-refractivity contribution in [2.24, 2.45) is 5.73 Å². The van der Waals surface area contributed by atoms with Gasteiger partial charge in [0.25, 0.3) is 0 Å². The second-order valence-corrected chi connectivity index (χ2v) is 8.88. The summed E-state index contributed by atoms with van der Waals surface area (Å²) >= 11 is 5.00. The van der Waals surface area contributed by atoms with E-state index in [0.29, 0.717) is 30.0 Å². The highest BCUT2D eigenvalue weighted by molar-refractivity contribution is 9.11. The lowest BCUT2D eigenvalue weighted by Crippen LogP contribution is -2.26. The number of nitrogens with one attached hydrogen (secondary N) is 1. The van der Waals surface area contributed by atoms with Gasteiger partial charge in [-0.2, -0.15) is 0 Å². The van der Waals surface area contributed by atoms with E-state index >= 15 is 0 Å². The van der Waals surface area contributed by atoms with Gasteiger partial charge in [-0.15, -0.1) is 11.3 Å². The molecule has 114 valence electrons. The first kappa shape index (κ1) is 16.6. The summed E-state index contributed by atoms with van der Waals surface area (Å²) < 4.78 is 28.4. The quantitative estimate of drug-likeness (QED) is 0.798. The SMILES string of the molecule is Cc1c(CN)cccc1S(=O)(=O)NCCc1ccc(Br)s1. The molecule has 0 atom stereocenters. The van der Waals surface area contributed by atoms with Crippen LogP contribution in [0.5, 0.6) is 0 Å². The van der Waals surface area contributed by atoms with Crippen LogP contribution < -0.4 is 10.5 Å². The van der Waals surface area contributed by atoms with Crippen molar-refractivity contribution in [3.8, 4) is 0 Å². The van der Waals surface area contributed by atoms with E-state index in [1.165, 1.54) is 0 Å². The molecule has 0 saturated carbocycles. The third-order valence-corrected chi connectivity index (χ3v) is 6.49. The third kappa shape index (κ3) is 4.14. The first-order valence-electron chi connectivity index (χ1n) is 6.46. The number of nitrogens with two attached hydrogens (primary N) is 1. The molecule has 0 unspecified atom stereocenters. The maximum atomic E-state index is 12.4. The van der Waals surface area contributed by atoms with Gasteiger partial charge in [-0.3, -0.25) is 0 Å². The molecule has 0 aliphatic heterocycles. The molecule has 3 N–H and O–H groups in total. The molecule has 0 fully saturated rings. The molecule has 0 aliphatic rings. The van der Waals surface area contributed by atoms with E-state index in [2.05, 4.69) is 20.7 Å². The summed E-state index contributed by atoms with van der Waals surface area (Å²) in [6.45, 7) is 2.49. The Labute approximate surface area is 137 Å². The van der Waals surface area contributed by atoms with Crippen LogP contribution in [0.4, 0.5) is 0 Å². The molecule has 0 saturated heterocycles. The maximum Gasteiger partial charge on any atom is 0.240 e. The fraction of sp³-hybridized carbons (Fsp3) is 0.286. The number of benzene rings is 1. The normalized spacial score (nSPS) is 11.8. The van der Waals surface area contributed by atoms with Crippen molar-refractivity contribution < 1.29 is 8.42 Å². The van der Waals surface area contributed by atoms with Gasteiger partial charge in [0.05, 0.1) is 8.68 Å². The zero-order chi connectivity index (χ0) is 15.5. The van der Waals surface area contributed by atoms with E-state index in [4.69, 9.17) is 5.73 Å². The van der Waals surface area contributed by atoms with Crippen LogP contribution in [0.1, 0.15) is 16.0 Å². The van der Waals surface area contributed by atoms with Gasteiger partial charge in [0, 0.05) is 18.0 Å². The fourth-order valence-electron chi connectivity index (χ4n) is 2.04. The number of hydrogen-bond donors (Lipinski definition) is 2. The summed E-state index contributed by atoms with van der Waals surface area (Å²) in [5.74, 6) is 0. The third-order valence-electron chi connectivity index (χ3n) is 3.20. The average molecular weight is 389 g/mol. The molecule has 4 nitrogen and oxygen atoms in total. The van der Waals surface area contributed by atoms with Crippen molar-refractivity contribution in [1.82, 2.24) is 4.72 Å². The van der Waals surface area contributed by atoms with E-state index in [0.717, 1.165) is 14.2 Å². The van der Waals surface area contributed by atoms with Crippen molar-refractivity contribution in [3.63, 3.8) is 0 Å². The number of rotatable bonds is 6. The molecule has 0 amide bonds. The Morgan fingerprint density at radius 2 is 2.05 bits per heavy atom. The molecular weight excluding hydrogens is 372 g/mol. The molecule has 0 radical (unpaired) electrons. The molecule has 1 aromatic heterocycles. The van der Waals surface area contributed by atoms with E-state index in [1.807, 2.05) is 18.2 Å². The van der Waals surface area contributed by atoms with E-state index in [1.54, 1.807) is 30.4 Å². The fourth-order valence-corrected chi connectivity index (χ4v) is 4.85.